The van der Waals surface area contributed by atoms with E-state index in [0.717, 1.165) is 16.2 Å². The van der Waals surface area contributed by atoms with Crippen LogP contribution in [-0.4, -0.2) is 49.9 Å². The van der Waals surface area contributed by atoms with Crippen LogP contribution in [0.2, 0.25) is 0 Å². The molecule has 1 fully saturated rings. The van der Waals surface area contributed by atoms with Crippen molar-refractivity contribution in [2.75, 3.05) is 11.5 Å². The zero-order valence-electron chi connectivity index (χ0n) is 13.1. The van der Waals surface area contributed by atoms with Crippen LogP contribution in [0.3, 0.4) is 0 Å². The monoisotopic (exact) mass is 395 g/mol. The van der Waals surface area contributed by atoms with Gasteiger partial charge in [0.15, 0.2) is 5.13 Å². The summed E-state index contributed by atoms with van der Waals surface area (Å²) in [5.74, 6) is -2.27. The molecule has 0 aromatic carbocycles. The Kier molecular flexibility index (Phi) is 4.78. The van der Waals surface area contributed by atoms with E-state index in [1.165, 1.54) is 23.2 Å². The van der Waals surface area contributed by atoms with Crippen LogP contribution < -0.4 is 11.1 Å². The van der Waals surface area contributed by atoms with Crippen molar-refractivity contribution in [3.63, 3.8) is 0 Å². The number of aromatic nitrogens is 1. The van der Waals surface area contributed by atoms with Gasteiger partial charge in [-0.3, -0.25) is 14.5 Å². The Morgan fingerprint density at radius 3 is 2.85 bits per heavy atom. The Balaban J connectivity index is 1.77. The molecule has 10 nitrogen and oxygen atoms in total. The Labute approximate surface area is 155 Å². The van der Waals surface area contributed by atoms with Gasteiger partial charge in [-0.25, -0.2) is 9.78 Å². The second-order valence-corrected chi connectivity index (χ2v) is 7.39. The van der Waals surface area contributed by atoms with Gasteiger partial charge in [0.1, 0.15) is 17.1 Å². The lowest BCUT2D eigenvalue weighted by molar-refractivity contribution is -0.150. The number of fused-ring (bicyclic) bond motifs is 1. The lowest BCUT2D eigenvalue weighted by Gasteiger charge is -2.49. The average molecular weight is 395 g/mol. The quantitative estimate of drug-likeness (QED) is 0.463. The Bertz CT molecular complexity index is 851. The number of anilines is 1. The highest BCUT2D eigenvalue weighted by Gasteiger charge is 2.54. The van der Waals surface area contributed by atoms with Gasteiger partial charge in [0.05, 0.1) is 5.69 Å². The van der Waals surface area contributed by atoms with Gasteiger partial charge in [0.2, 0.25) is 6.04 Å². The summed E-state index contributed by atoms with van der Waals surface area (Å²) in [6.45, 7) is 3.56. The highest BCUT2D eigenvalue weighted by Crippen LogP contribution is 2.40. The van der Waals surface area contributed by atoms with E-state index in [1.807, 2.05) is 0 Å². The molecule has 0 bridgehead atoms. The molecule has 2 aliphatic rings. The topological polar surface area (TPSA) is 155 Å². The van der Waals surface area contributed by atoms with Crippen molar-refractivity contribution in [1.82, 2.24) is 15.2 Å². The second-order valence-electron chi connectivity index (χ2n) is 5.40. The molecule has 0 spiro atoms. The largest absolute Gasteiger partial charge is 0.477 e. The number of thioether (sulfide) groups is 1. The molecule has 3 rings (SSSR count). The van der Waals surface area contributed by atoms with E-state index in [0.29, 0.717) is 11.3 Å². The summed E-state index contributed by atoms with van der Waals surface area (Å²) in [7, 11) is 0. The zero-order valence-corrected chi connectivity index (χ0v) is 14.7. The highest BCUT2D eigenvalue weighted by atomic mass is 32.2. The maximum absolute atomic E-state index is 12.4. The number of hydrogen-bond acceptors (Lipinski definition) is 9. The standard InChI is InChI=1S/C14H13N5O5S2/c1-2-5-3-25-12-8(11(21)19(12)9(5)13(22)23)17-10(20)7(18-24)6-4-26-14(15)16-6/h2,4,7-8,12H,1,3H2,(H2,15,16)(H,17,20)(H,22,23)/t7?,8?,12-/m0/s1. The molecule has 0 radical (unpaired) electrons. The zero-order chi connectivity index (χ0) is 19.0. The first-order chi connectivity index (χ1) is 12.4. The van der Waals surface area contributed by atoms with Crippen LogP contribution >= 0.6 is 23.1 Å². The first-order valence-electron chi connectivity index (χ1n) is 7.26. The van der Waals surface area contributed by atoms with Crippen molar-refractivity contribution in [2.24, 2.45) is 5.18 Å². The SMILES string of the molecule is C=CC1=C(C(=O)O)N2C(=O)C(NC(=O)C(N=O)c3csc(N)n3)[C@@H]2SC1. The number of nitroso groups, excluding NO2 is 1. The number of rotatable bonds is 6. The van der Waals surface area contributed by atoms with Gasteiger partial charge in [-0.1, -0.05) is 12.7 Å². The fraction of sp³-hybridized carbons (Fsp3) is 0.286. The van der Waals surface area contributed by atoms with E-state index in [4.69, 9.17) is 5.73 Å². The molecule has 4 N–H and O–H groups in total. The molecule has 136 valence electrons. The first-order valence-corrected chi connectivity index (χ1v) is 9.19. The number of thiazole rings is 1. The summed E-state index contributed by atoms with van der Waals surface area (Å²) in [4.78, 5) is 52.2. The molecule has 1 saturated heterocycles. The van der Waals surface area contributed by atoms with Crippen LogP contribution in [0.25, 0.3) is 0 Å². The molecule has 1 aromatic rings. The van der Waals surface area contributed by atoms with Crippen molar-refractivity contribution < 1.29 is 19.5 Å². The van der Waals surface area contributed by atoms with Crippen LogP contribution in [0, 0.1) is 4.91 Å². The molecule has 26 heavy (non-hydrogen) atoms. The van der Waals surface area contributed by atoms with E-state index in [1.54, 1.807) is 0 Å². The number of amides is 2. The molecule has 12 heteroatoms. The molecule has 3 atom stereocenters. The van der Waals surface area contributed by atoms with Gasteiger partial charge in [-0.2, -0.15) is 0 Å². The third-order valence-electron chi connectivity index (χ3n) is 3.92. The summed E-state index contributed by atoms with van der Waals surface area (Å²) in [5, 5.41) is 15.6. The van der Waals surface area contributed by atoms with Crippen LogP contribution in [0.1, 0.15) is 11.7 Å². The smallest absolute Gasteiger partial charge is 0.352 e. The summed E-state index contributed by atoms with van der Waals surface area (Å²) in [5.41, 5.74) is 5.88. The number of hydrogen-bond donors (Lipinski definition) is 3. The first kappa shape index (κ1) is 18.1. The number of aliphatic carboxylic acids is 1. The predicted molar refractivity (Wildman–Crippen MR) is 94.9 cm³/mol. The summed E-state index contributed by atoms with van der Waals surface area (Å²) < 4.78 is 0. The average Bonchev–Trinajstić information content (AvgIpc) is 3.04. The molecule has 3 heterocycles. The van der Waals surface area contributed by atoms with Crippen LogP contribution in [0.5, 0.6) is 0 Å². The molecule has 2 unspecified atom stereocenters. The molecule has 2 amide bonds. The van der Waals surface area contributed by atoms with Crippen molar-refractivity contribution >= 4 is 46.0 Å². The number of β-lactam (4-membered cyclic amide) rings is 1. The van der Waals surface area contributed by atoms with Crippen LogP contribution in [0.15, 0.2) is 34.5 Å². The molecule has 2 aliphatic heterocycles. The van der Waals surface area contributed by atoms with E-state index < -0.39 is 35.2 Å². The van der Waals surface area contributed by atoms with Gasteiger partial charge < -0.3 is 16.2 Å². The van der Waals surface area contributed by atoms with E-state index in [-0.39, 0.29) is 16.5 Å². The van der Waals surface area contributed by atoms with Gasteiger partial charge in [0, 0.05) is 11.1 Å². The van der Waals surface area contributed by atoms with E-state index >= 15 is 0 Å². The lowest BCUT2D eigenvalue weighted by atomic mass is 10.0. The number of allylic oxidation sites excluding steroid dienone is 1. The number of nitrogens with zero attached hydrogens (tertiary/aromatic N) is 3. The fourth-order valence-electron chi connectivity index (χ4n) is 2.69. The van der Waals surface area contributed by atoms with Gasteiger partial charge >= 0.3 is 5.97 Å². The lowest BCUT2D eigenvalue weighted by Crippen LogP contribution is -2.70. The summed E-state index contributed by atoms with van der Waals surface area (Å²) in [6, 6.07) is -2.38. The highest BCUT2D eigenvalue weighted by molar-refractivity contribution is 8.00. The van der Waals surface area contributed by atoms with Crippen LogP contribution in [0.4, 0.5) is 5.13 Å². The van der Waals surface area contributed by atoms with Crippen molar-refractivity contribution in [3.8, 4) is 0 Å². The minimum absolute atomic E-state index is 0.0972. The van der Waals surface area contributed by atoms with E-state index in [2.05, 4.69) is 22.1 Å². The minimum atomic E-state index is -1.43. The van der Waals surface area contributed by atoms with Gasteiger partial charge in [-0.05, 0) is 10.7 Å². The molecular weight excluding hydrogens is 382 g/mol. The third-order valence-corrected chi connectivity index (χ3v) is 5.91. The second kappa shape index (κ2) is 6.88. The minimum Gasteiger partial charge on any atom is -0.477 e. The number of carboxylic acids is 1. The van der Waals surface area contributed by atoms with Crippen molar-refractivity contribution in [2.45, 2.75) is 17.5 Å². The number of carbonyl (C=O) groups excluding carboxylic acids is 2. The number of nitrogens with one attached hydrogen (secondary N) is 1. The summed E-state index contributed by atoms with van der Waals surface area (Å²) in [6.07, 6.45) is 1.39. The van der Waals surface area contributed by atoms with Crippen LogP contribution in [-0.2, 0) is 14.4 Å². The number of carboxylic acid groups (broad SMARTS) is 1. The Morgan fingerprint density at radius 2 is 2.31 bits per heavy atom. The number of carbonyl (C=O) groups is 3. The number of nitrogens with two attached hydrogens (primary N) is 1. The summed E-state index contributed by atoms with van der Waals surface area (Å²) >= 11 is 2.35. The van der Waals surface area contributed by atoms with E-state index in [9.17, 15) is 24.4 Å². The molecular formula is C14H13N5O5S2. The molecule has 0 aliphatic carbocycles. The molecule has 1 aromatic heterocycles. The molecule has 0 saturated carbocycles. The van der Waals surface area contributed by atoms with Crippen molar-refractivity contribution in [3.05, 3.63) is 39.9 Å². The maximum atomic E-state index is 12.4. The normalized spacial score (nSPS) is 22.9. The fourth-order valence-corrected chi connectivity index (χ4v) is 4.62. The Hall–Kier alpha value is -2.73. The van der Waals surface area contributed by atoms with Gasteiger partial charge in [0.25, 0.3) is 11.8 Å². The Morgan fingerprint density at radius 1 is 1.58 bits per heavy atom. The van der Waals surface area contributed by atoms with Gasteiger partial charge in [-0.15, -0.1) is 28.0 Å². The predicted octanol–water partition coefficient (Wildman–Crippen LogP) is 0.457. The third kappa shape index (κ3) is 2.86. The van der Waals surface area contributed by atoms with Crippen molar-refractivity contribution in [1.29, 1.82) is 0 Å². The number of nitrogen functional groups attached to an aromatic ring is 1. The maximum Gasteiger partial charge on any atom is 0.352 e.